The Morgan fingerprint density at radius 3 is 2.08 bits per heavy atom. The van der Waals surface area contributed by atoms with Crippen LogP contribution in [0.2, 0.25) is 0 Å². The largest absolute Gasteiger partial charge is 0.450 e. The molecule has 0 saturated carbocycles. The molecule has 1 aliphatic heterocycles. The number of aliphatic hydroxyl groups is 1. The molecule has 288 valence electrons. The van der Waals surface area contributed by atoms with Gasteiger partial charge in [-0.1, -0.05) is 96.8 Å². The average Bonchev–Trinajstić information content (AvgIpc) is 3.39. The molecule has 1 fully saturated rings. The molecule has 0 aromatic carbocycles. The highest BCUT2D eigenvalue weighted by molar-refractivity contribution is 7.32. The van der Waals surface area contributed by atoms with Gasteiger partial charge in [0.05, 0.1) is 6.61 Å². The maximum atomic E-state index is 12.7. The molecule has 2 heterocycles. The molecule has 0 radical (unpaired) electrons. The van der Waals surface area contributed by atoms with Gasteiger partial charge in [0, 0.05) is 31.8 Å². The molecule has 1 aliphatic rings. The van der Waals surface area contributed by atoms with Crippen molar-refractivity contribution in [1.82, 2.24) is 14.9 Å². The fourth-order valence-corrected chi connectivity index (χ4v) is 6.55. The van der Waals surface area contributed by atoms with Gasteiger partial charge in [-0.05, 0) is 33.1 Å². The SMILES string of the molecule is CCCCCCCCCCCCCCCC(=O)OC(C)(C)C(=O)NCCCCCCOC1C(O[PH](=O)O)[C@@H](CO)O[C@H]1n1ccc(=O)[nH]c1=O. The van der Waals surface area contributed by atoms with Crippen molar-refractivity contribution in [3.8, 4) is 0 Å². The van der Waals surface area contributed by atoms with Gasteiger partial charge < -0.3 is 34.1 Å². The number of carbonyl (C=O) groups excluding carboxylic acids is 2. The highest BCUT2D eigenvalue weighted by Crippen LogP contribution is 2.37. The van der Waals surface area contributed by atoms with E-state index in [0.29, 0.717) is 25.8 Å². The van der Waals surface area contributed by atoms with E-state index in [1.165, 1.54) is 70.4 Å². The van der Waals surface area contributed by atoms with Crippen molar-refractivity contribution in [1.29, 1.82) is 0 Å². The quantitative estimate of drug-likeness (QED) is 0.0511. The molecule has 1 aromatic heterocycles. The van der Waals surface area contributed by atoms with Crippen LogP contribution >= 0.6 is 8.25 Å². The number of aliphatic hydroxyl groups excluding tert-OH is 1. The number of nitrogens with one attached hydrogen (secondary N) is 2. The lowest BCUT2D eigenvalue weighted by atomic mass is 10.0. The number of aromatic amines is 1. The highest BCUT2D eigenvalue weighted by Gasteiger charge is 2.48. The van der Waals surface area contributed by atoms with Crippen LogP contribution in [-0.2, 0) is 32.9 Å². The summed E-state index contributed by atoms with van der Waals surface area (Å²) in [5, 5.41) is 12.6. The summed E-state index contributed by atoms with van der Waals surface area (Å²) in [4.78, 5) is 60.5. The van der Waals surface area contributed by atoms with Gasteiger partial charge in [0.2, 0.25) is 0 Å². The maximum absolute atomic E-state index is 12.7. The maximum Gasteiger partial charge on any atom is 0.330 e. The minimum Gasteiger partial charge on any atom is -0.450 e. The second-order valence-electron chi connectivity index (χ2n) is 13.6. The fraction of sp³-hybridized carbons (Fsp3) is 0.829. The number of carbonyl (C=O) groups is 2. The van der Waals surface area contributed by atoms with Crippen LogP contribution in [0.25, 0.3) is 0 Å². The van der Waals surface area contributed by atoms with Gasteiger partial charge in [0.15, 0.2) is 11.8 Å². The number of hydrogen-bond acceptors (Lipinski definition) is 10. The second-order valence-corrected chi connectivity index (χ2v) is 14.4. The first-order valence-corrected chi connectivity index (χ1v) is 19.9. The number of nitrogens with zero attached hydrogens (tertiary/aromatic N) is 1. The van der Waals surface area contributed by atoms with Gasteiger partial charge in [-0.25, -0.2) is 4.79 Å². The van der Waals surface area contributed by atoms with Crippen molar-refractivity contribution in [2.24, 2.45) is 0 Å². The highest BCUT2D eigenvalue weighted by atomic mass is 31.1. The molecule has 0 bridgehead atoms. The number of esters is 1. The van der Waals surface area contributed by atoms with E-state index in [9.17, 15) is 33.7 Å². The zero-order valence-electron chi connectivity index (χ0n) is 30.3. The molecule has 4 N–H and O–H groups in total. The smallest absolute Gasteiger partial charge is 0.330 e. The summed E-state index contributed by atoms with van der Waals surface area (Å²) in [6.45, 7) is 5.48. The van der Waals surface area contributed by atoms with Gasteiger partial charge in [-0.3, -0.25) is 28.5 Å². The third kappa shape index (κ3) is 16.8. The van der Waals surface area contributed by atoms with Gasteiger partial charge >= 0.3 is 19.9 Å². The van der Waals surface area contributed by atoms with Crippen LogP contribution in [0, 0.1) is 0 Å². The third-order valence-corrected chi connectivity index (χ3v) is 9.37. The number of aromatic nitrogens is 2. The zero-order valence-corrected chi connectivity index (χ0v) is 31.3. The molecule has 1 amide bonds. The standard InChI is InChI=1S/C35H62N3O11P/c1-4-5-6-7-8-9-10-11-12-13-14-15-18-21-29(41)48-35(2,3)33(42)36-23-19-16-17-20-25-46-31-30(49-50(44)45)27(26-39)47-32(31)38-24-22-28(40)37-34(38)43/h22,24,27,30-32,39,50H,4-21,23,25-26H2,1-3H3,(H,36,42)(H,44,45)(H,37,40,43)/t27-,30?,31?,32-/m1/s1. The minimum absolute atomic E-state index is 0.196. The number of amides is 1. The molecule has 3 unspecified atom stereocenters. The molecule has 15 heteroatoms. The van der Waals surface area contributed by atoms with E-state index >= 15 is 0 Å². The Morgan fingerprint density at radius 1 is 0.920 bits per heavy atom. The predicted octanol–water partition coefficient (Wildman–Crippen LogP) is 5.06. The average molecular weight is 732 g/mol. The topological polar surface area (TPSA) is 195 Å². The molecule has 1 saturated heterocycles. The predicted molar refractivity (Wildman–Crippen MR) is 190 cm³/mol. The van der Waals surface area contributed by atoms with E-state index in [-0.39, 0.29) is 18.5 Å². The Hall–Kier alpha value is -2.35. The van der Waals surface area contributed by atoms with Crippen molar-refractivity contribution in [3.05, 3.63) is 33.1 Å². The van der Waals surface area contributed by atoms with E-state index < -0.39 is 56.3 Å². The number of H-pyrrole nitrogens is 1. The summed E-state index contributed by atoms with van der Waals surface area (Å²) in [6.07, 6.45) is 16.0. The fourth-order valence-electron chi connectivity index (χ4n) is 6.03. The van der Waals surface area contributed by atoms with E-state index in [0.717, 1.165) is 42.7 Å². The summed E-state index contributed by atoms with van der Waals surface area (Å²) >= 11 is 0. The van der Waals surface area contributed by atoms with Crippen LogP contribution < -0.4 is 16.6 Å². The lowest BCUT2D eigenvalue weighted by Gasteiger charge is -2.24. The summed E-state index contributed by atoms with van der Waals surface area (Å²) in [5.41, 5.74) is -2.63. The molecular formula is C35H62N3O11P. The van der Waals surface area contributed by atoms with Gasteiger partial charge in [0.1, 0.15) is 18.3 Å². The summed E-state index contributed by atoms with van der Waals surface area (Å²) in [7, 11) is -3.42. The lowest BCUT2D eigenvalue weighted by molar-refractivity contribution is -0.165. The van der Waals surface area contributed by atoms with Crippen LogP contribution in [0.15, 0.2) is 21.9 Å². The van der Waals surface area contributed by atoms with Crippen molar-refractivity contribution in [2.75, 3.05) is 19.8 Å². The van der Waals surface area contributed by atoms with E-state index in [4.69, 9.17) is 18.7 Å². The second kappa shape index (κ2) is 24.8. The van der Waals surface area contributed by atoms with Crippen LogP contribution in [0.5, 0.6) is 0 Å². The van der Waals surface area contributed by atoms with Crippen molar-refractivity contribution < 1.29 is 42.9 Å². The lowest BCUT2D eigenvalue weighted by Crippen LogP contribution is -2.45. The number of unbranched alkanes of at least 4 members (excludes halogenated alkanes) is 15. The first kappa shape index (κ1) is 43.8. The molecule has 1 aromatic rings. The zero-order chi connectivity index (χ0) is 36.8. The summed E-state index contributed by atoms with van der Waals surface area (Å²) < 4.78 is 34.8. The summed E-state index contributed by atoms with van der Waals surface area (Å²) in [5.74, 6) is -0.713. The monoisotopic (exact) mass is 731 g/mol. The Bertz CT molecular complexity index is 1250. The van der Waals surface area contributed by atoms with Crippen molar-refractivity contribution >= 4 is 20.1 Å². The van der Waals surface area contributed by atoms with Crippen LogP contribution in [-0.4, -0.2) is 75.1 Å². The van der Waals surface area contributed by atoms with Crippen molar-refractivity contribution in [3.63, 3.8) is 0 Å². The molecule has 0 spiro atoms. The van der Waals surface area contributed by atoms with E-state index in [1.807, 2.05) is 0 Å². The number of ether oxygens (including phenoxy) is 3. The molecule has 0 aliphatic carbocycles. The Kier molecular flexibility index (Phi) is 21.7. The van der Waals surface area contributed by atoms with Crippen molar-refractivity contribution in [2.45, 2.75) is 166 Å². The molecule has 14 nitrogen and oxygen atoms in total. The van der Waals surface area contributed by atoms with Crippen LogP contribution in [0.4, 0.5) is 0 Å². The Labute approximate surface area is 297 Å². The first-order valence-electron chi connectivity index (χ1n) is 18.6. The third-order valence-electron chi connectivity index (χ3n) is 8.89. The van der Waals surface area contributed by atoms with E-state index in [1.54, 1.807) is 13.8 Å². The Morgan fingerprint density at radius 2 is 1.50 bits per heavy atom. The number of rotatable bonds is 28. The van der Waals surface area contributed by atoms with Crippen LogP contribution in [0.1, 0.15) is 143 Å². The molecule has 50 heavy (non-hydrogen) atoms. The van der Waals surface area contributed by atoms with Gasteiger partial charge in [-0.2, -0.15) is 0 Å². The van der Waals surface area contributed by atoms with Gasteiger partial charge in [0.25, 0.3) is 11.5 Å². The first-order chi connectivity index (χ1) is 24.0. The molecule has 2 rings (SSSR count). The van der Waals surface area contributed by atoms with Gasteiger partial charge in [-0.15, -0.1) is 0 Å². The minimum atomic E-state index is -3.42. The number of hydrogen-bond donors (Lipinski definition) is 4. The normalized spacial score (nSPS) is 19.8. The van der Waals surface area contributed by atoms with Crippen LogP contribution in [0.3, 0.4) is 0 Å². The molecule has 5 atom stereocenters. The molecular weight excluding hydrogens is 669 g/mol. The van der Waals surface area contributed by atoms with E-state index in [2.05, 4.69) is 17.2 Å². The Balaban J connectivity index is 1.60. The summed E-state index contributed by atoms with van der Waals surface area (Å²) in [6, 6.07) is 1.13.